The molecule has 1 aliphatic heterocycles. The Morgan fingerprint density at radius 2 is 2.14 bits per heavy atom. The number of fused-ring (bicyclic) bond motifs is 1. The molecule has 0 unspecified atom stereocenters. The van der Waals surface area contributed by atoms with Crippen molar-refractivity contribution < 1.29 is 15.0 Å². The second kappa shape index (κ2) is 7.05. The van der Waals surface area contributed by atoms with Crippen LogP contribution >= 0.6 is 0 Å². The number of H-pyrrole nitrogens is 1. The molecule has 5 heteroatoms. The molecule has 2 aromatic rings. The largest absolute Gasteiger partial charge is 0.370 e. The van der Waals surface area contributed by atoms with Gasteiger partial charge in [0.15, 0.2) is 0 Å². The summed E-state index contributed by atoms with van der Waals surface area (Å²) >= 11 is 0. The number of hydrogen-bond acceptors (Lipinski definition) is 2. The SMILES string of the molecule is Cc1cccc2cc(C[NH2+]CC[NH+]3CCOCC3)c(=O)[nH]c12. The van der Waals surface area contributed by atoms with Crippen molar-refractivity contribution in [3.05, 3.63) is 45.7 Å². The molecule has 3 rings (SSSR count). The summed E-state index contributed by atoms with van der Waals surface area (Å²) < 4.78 is 5.37. The van der Waals surface area contributed by atoms with E-state index in [2.05, 4.69) is 16.4 Å². The van der Waals surface area contributed by atoms with E-state index in [-0.39, 0.29) is 5.56 Å². The summed E-state index contributed by atoms with van der Waals surface area (Å²) in [6.07, 6.45) is 0. The van der Waals surface area contributed by atoms with E-state index < -0.39 is 0 Å². The zero-order valence-corrected chi connectivity index (χ0v) is 13.2. The molecular formula is C17H25N3O2+2. The Labute approximate surface area is 130 Å². The average Bonchev–Trinajstić information content (AvgIpc) is 2.54. The molecule has 2 heterocycles. The normalized spacial score (nSPS) is 16.2. The molecule has 0 spiro atoms. The molecule has 0 aliphatic carbocycles. The molecule has 5 nitrogen and oxygen atoms in total. The quantitative estimate of drug-likeness (QED) is 0.609. The first-order valence-corrected chi connectivity index (χ1v) is 8.08. The summed E-state index contributed by atoms with van der Waals surface area (Å²) in [5.41, 5.74) is 2.96. The number of rotatable bonds is 5. The molecule has 0 atom stereocenters. The van der Waals surface area contributed by atoms with Gasteiger partial charge in [-0.05, 0) is 23.9 Å². The number of nitrogens with one attached hydrogen (secondary N) is 2. The number of pyridine rings is 1. The van der Waals surface area contributed by atoms with Gasteiger partial charge in [-0.15, -0.1) is 0 Å². The molecule has 1 aromatic carbocycles. The standard InChI is InChI=1S/C17H23N3O2/c1-13-3-2-4-14-11-15(17(21)19-16(13)14)12-18-5-6-20-7-9-22-10-8-20/h2-4,11,18H,5-10,12H2,1H3,(H,19,21)/p+2. The zero-order valence-electron chi connectivity index (χ0n) is 13.2. The van der Waals surface area contributed by atoms with Crippen molar-refractivity contribution in [3.63, 3.8) is 0 Å². The summed E-state index contributed by atoms with van der Waals surface area (Å²) in [5, 5.41) is 3.34. The number of aromatic amines is 1. The first-order valence-electron chi connectivity index (χ1n) is 8.08. The number of benzene rings is 1. The van der Waals surface area contributed by atoms with Crippen LogP contribution in [0.4, 0.5) is 0 Å². The Bertz CT molecular complexity index is 690. The van der Waals surface area contributed by atoms with E-state index in [1.807, 2.05) is 25.1 Å². The van der Waals surface area contributed by atoms with Crippen LogP contribution in [0, 0.1) is 6.92 Å². The van der Waals surface area contributed by atoms with Gasteiger partial charge in [-0.25, -0.2) is 0 Å². The Morgan fingerprint density at radius 1 is 1.32 bits per heavy atom. The minimum Gasteiger partial charge on any atom is -0.370 e. The number of aryl methyl sites for hydroxylation is 1. The highest BCUT2D eigenvalue weighted by Crippen LogP contribution is 2.14. The van der Waals surface area contributed by atoms with Gasteiger partial charge in [0.25, 0.3) is 5.56 Å². The third-order valence-corrected chi connectivity index (χ3v) is 4.43. The maximum atomic E-state index is 12.2. The summed E-state index contributed by atoms with van der Waals surface area (Å²) in [5.74, 6) is 0. The molecule has 1 aromatic heterocycles. The predicted octanol–water partition coefficient (Wildman–Crippen LogP) is -1.18. The topological polar surface area (TPSA) is 63.1 Å². The van der Waals surface area contributed by atoms with E-state index in [1.165, 1.54) is 0 Å². The molecule has 4 N–H and O–H groups in total. The molecule has 1 saturated heterocycles. The smallest absolute Gasteiger partial charge is 0.257 e. The number of nitrogens with two attached hydrogens (primary N) is 1. The first-order chi connectivity index (χ1) is 10.7. The lowest BCUT2D eigenvalue weighted by Crippen LogP contribution is -3.16. The van der Waals surface area contributed by atoms with Crippen LogP contribution in [0.3, 0.4) is 0 Å². The zero-order chi connectivity index (χ0) is 15.4. The van der Waals surface area contributed by atoms with Crippen LogP contribution in [0.5, 0.6) is 0 Å². The number of aromatic nitrogens is 1. The number of morpholine rings is 1. The van der Waals surface area contributed by atoms with Gasteiger partial charge < -0.3 is 19.9 Å². The third-order valence-electron chi connectivity index (χ3n) is 4.43. The van der Waals surface area contributed by atoms with E-state index in [9.17, 15) is 4.79 Å². The second-order valence-electron chi connectivity index (χ2n) is 6.06. The van der Waals surface area contributed by atoms with Gasteiger partial charge in [-0.3, -0.25) is 4.79 Å². The number of para-hydroxylation sites is 1. The summed E-state index contributed by atoms with van der Waals surface area (Å²) in [7, 11) is 0. The van der Waals surface area contributed by atoms with E-state index >= 15 is 0 Å². The fourth-order valence-electron chi connectivity index (χ4n) is 3.05. The Hall–Kier alpha value is -1.69. The highest BCUT2D eigenvalue weighted by molar-refractivity contribution is 5.81. The second-order valence-corrected chi connectivity index (χ2v) is 6.06. The van der Waals surface area contributed by atoms with Crippen LogP contribution in [0.25, 0.3) is 10.9 Å². The molecule has 118 valence electrons. The maximum absolute atomic E-state index is 12.2. The molecule has 0 bridgehead atoms. The monoisotopic (exact) mass is 303 g/mol. The summed E-state index contributed by atoms with van der Waals surface area (Å²) in [4.78, 5) is 16.8. The maximum Gasteiger partial charge on any atom is 0.257 e. The van der Waals surface area contributed by atoms with Crippen LogP contribution in [-0.2, 0) is 11.3 Å². The molecule has 22 heavy (non-hydrogen) atoms. The van der Waals surface area contributed by atoms with Gasteiger partial charge >= 0.3 is 0 Å². The first kappa shape index (κ1) is 15.2. The van der Waals surface area contributed by atoms with Gasteiger partial charge in [0.1, 0.15) is 32.7 Å². The summed E-state index contributed by atoms with van der Waals surface area (Å²) in [6, 6.07) is 8.14. The highest BCUT2D eigenvalue weighted by atomic mass is 16.5. The van der Waals surface area contributed by atoms with Crippen LogP contribution in [0.1, 0.15) is 11.1 Å². The molecular weight excluding hydrogens is 278 g/mol. The van der Waals surface area contributed by atoms with E-state index in [1.54, 1.807) is 4.90 Å². The fourth-order valence-corrected chi connectivity index (χ4v) is 3.05. The lowest BCUT2D eigenvalue weighted by Gasteiger charge is -2.22. The van der Waals surface area contributed by atoms with Crippen molar-refractivity contribution in [1.29, 1.82) is 0 Å². The minimum absolute atomic E-state index is 0.0387. The molecule has 1 fully saturated rings. The minimum atomic E-state index is 0.0387. The van der Waals surface area contributed by atoms with Crippen molar-refractivity contribution >= 4 is 10.9 Å². The fraction of sp³-hybridized carbons (Fsp3) is 0.471. The van der Waals surface area contributed by atoms with Crippen molar-refractivity contribution in [1.82, 2.24) is 4.98 Å². The van der Waals surface area contributed by atoms with Crippen molar-refractivity contribution in [2.24, 2.45) is 0 Å². The van der Waals surface area contributed by atoms with Crippen molar-refractivity contribution in [2.75, 3.05) is 39.4 Å². The van der Waals surface area contributed by atoms with Gasteiger partial charge in [0, 0.05) is 0 Å². The summed E-state index contributed by atoms with van der Waals surface area (Å²) in [6.45, 7) is 8.89. The van der Waals surface area contributed by atoms with Gasteiger partial charge in [-0.1, -0.05) is 18.2 Å². The third kappa shape index (κ3) is 3.55. The average molecular weight is 303 g/mol. The van der Waals surface area contributed by atoms with E-state index in [0.717, 1.165) is 68.0 Å². The van der Waals surface area contributed by atoms with Crippen LogP contribution < -0.4 is 15.8 Å². The Balaban J connectivity index is 1.59. The molecule has 1 aliphatic rings. The molecule has 0 saturated carbocycles. The lowest BCUT2D eigenvalue weighted by atomic mass is 10.1. The number of ether oxygens (including phenoxy) is 1. The van der Waals surface area contributed by atoms with Gasteiger partial charge in [0.05, 0.1) is 24.3 Å². The lowest BCUT2D eigenvalue weighted by molar-refractivity contribution is -0.920. The Morgan fingerprint density at radius 3 is 2.95 bits per heavy atom. The molecule has 0 amide bonds. The van der Waals surface area contributed by atoms with E-state index in [4.69, 9.17) is 4.74 Å². The molecule has 0 radical (unpaired) electrons. The van der Waals surface area contributed by atoms with Crippen LogP contribution in [-0.4, -0.2) is 44.4 Å². The highest BCUT2D eigenvalue weighted by Gasteiger charge is 2.14. The number of hydrogen-bond donors (Lipinski definition) is 3. The number of quaternary nitrogens is 2. The van der Waals surface area contributed by atoms with Crippen LogP contribution in [0.15, 0.2) is 29.1 Å². The predicted molar refractivity (Wildman–Crippen MR) is 86.2 cm³/mol. The van der Waals surface area contributed by atoms with Crippen LogP contribution in [0.2, 0.25) is 0 Å². The Kier molecular flexibility index (Phi) is 4.87. The van der Waals surface area contributed by atoms with Gasteiger partial charge in [-0.2, -0.15) is 0 Å². The van der Waals surface area contributed by atoms with Gasteiger partial charge in [0.2, 0.25) is 0 Å². The van der Waals surface area contributed by atoms with Crippen molar-refractivity contribution in [2.45, 2.75) is 13.5 Å². The van der Waals surface area contributed by atoms with E-state index in [0.29, 0.717) is 0 Å². The van der Waals surface area contributed by atoms with Crippen molar-refractivity contribution in [3.8, 4) is 0 Å².